The van der Waals surface area contributed by atoms with Gasteiger partial charge in [0, 0.05) is 18.6 Å². The number of nitrogens with zero attached hydrogens (tertiary/aromatic N) is 5. The van der Waals surface area contributed by atoms with Crippen molar-refractivity contribution in [1.29, 1.82) is 0 Å². The molecule has 2 bridgehead atoms. The summed E-state index contributed by atoms with van der Waals surface area (Å²) < 4.78 is 7.21. The topological polar surface area (TPSA) is 39.5 Å². The van der Waals surface area contributed by atoms with E-state index in [0.29, 0.717) is 0 Å². The zero-order valence-electron chi connectivity index (χ0n) is 14.6. The van der Waals surface area contributed by atoms with Gasteiger partial charge < -0.3 is 0 Å². The van der Waals surface area contributed by atoms with Crippen LogP contribution in [0.15, 0.2) is 66.7 Å². The van der Waals surface area contributed by atoms with Gasteiger partial charge in [0.25, 0.3) is 0 Å². The molecule has 0 spiro atoms. The molecule has 27 heavy (non-hydrogen) atoms. The average molecular weight is 350 g/mol. The van der Waals surface area contributed by atoms with E-state index in [4.69, 9.17) is 9.97 Å². The third-order valence-corrected chi connectivity index (χ3v) is 5.95. The van der Waals surface area contributed by atoms with Gasteiger partial charge in [-0.1, -0.05) is 24.3 Å². The number of fused-ring (bicyclic) bond motifs is 12. The van der Waals surface area contributed by atoms with Gasteiger partial charge in [-0.2, -0.15) is 4.57 Å². The van der Waals surface area contributed by atoms with Gasteiger partial charge in [0.15, 0.2) is 6.54 Å². The minimum Gasteiger partial charge on any atom is -0.297 e. The largest absolute Gasteiger partial charge is 0.297 e. The van der Waals surface area contributed by atoms with Crippen LogP contribution in [0.5, 0.6) is 0 Å². The van der Waals surface area contributed by atoms with E-state index in [0.717, 1.165) is 35.6 Å². The van der Waals surface area contributed by atoms with Crippen LogP contribution < -0.4 is 4.57 Å². The van der Waals surface area contributed by atoms with E-state index >= 15 is 0 Å². The first-order valence-corrected chi connectivity index (χ1v) is 9.38. The Morgan fingerprint density at radius 3 is 1.85 bits per heavy atom. The Morgan fingerprint density at radius 2 is 1.26 bits per heavy atom. The van der Waals surface area contributed by atoms with Crippen LogP contribution in [0.4, 0.5) is 0 Å². The number of pyridine rings is 1. The summed E-state index contributed by atoms with van der Waals surface area (Å²) in [4.78, 5) is 10.1. The van der Waals surface area contributed by atoms with E-state index in [1.54, 1.807) is 0 Å². The lowest BCUT2D eigenvalue weighted by molar-refractivity contribution is -0.675. The molecule has 3 aromatic heterocycles. The van der Waals surface area contributed by atoms with Crippen molar-refractivity contribution in [2.45, 2.75) is 19.1 Å². The maximum absolute atomic E-state index is 5.03. The van der Waals surface area contributed by atoms with Crippen LogP contribution in [0.3, 0.4) is 0 Å². The number of hydrogen-bond acceptors (Lipinski definition) is 2. The molecule has 0 aliphatic carbocycles. The molecule has 0 amide bonds. The van der Waals surface area contributed by atoms with Gasteiger partial charge in [-0.25, -0.2) is 9.97 Å². The predicted octanol–water partition coefficient (Wildman–Crippen LogP) is 3.77. The molecule has 2 aliphatic heterocycles. The van der Waals surface area contributed by atoms with Gasteiger partial charge in [-0.3, -0.25) is 9.13 Å². The Balaban J connectivity index is 1.75. The number of hydrogen-bond donors (Lipinski definition) is 0. The minimum absolute atomic E-state index is 0.159. The number of imidazole rings is 2. The van der Waals surface area contributed by atoms with Gasteiger partial charge in [0.05, 0.1) is 22.1 Å². The molecule has 2 aromatic carbocycles. The first kappa shape index (κ1) is 13.7. The number of benzene rings is 2. The van der Waals surface area contributed by atoms with Gasteiger partial charge in [0.2, 0.25) is 23.0 Å². The number of aromatic nitrogens is 5. The van der Waals surface area contributed by atoms with Crippen molar-refractivity contribution < 1.29 is 4.57 Å². The highest BCUT2D eigenvalue weighted by Crippen LogP contribution is 2.39. The zero-order chi connectivity index (χ0) is 17.5. The molecule has 5 nitrogen and oxygen atoms in total. The van der Waals surface area contributed by atoms with Crippen LogP contribution in [0.1, 0.15) is 12.6 Å². The molecule has 0 atom stereocenters. The molecule has 0 saturated carbocycles. The SMILES string of the molecule is c1cc2[n+]3c(c1)-c1nc4ccccc4n1C(CC3)n1c-2nc2ccccc21. The molecule has 0 fully saturated rings. The van der Waals surface area contributed by atoms with Crippen LogP contribution in [0, 0.1) is 0 Å². The standard InChI is InChI=1S/C22H16N5/c1-3-8-16-14(6-1)23-21-18-10-5-11-19-22-24-15-7-2-4-9-17(15)27(22)20(26(16)21)12-13-25(18)19/h1-11,20H,12-13H2/q+1. The molecule has 5 heterocycles. The van der Waals surface area contributed by atoms with Crippen LogP contribution >= 0.6 is 0 Å². The van der Waals surface area contributed by atoms with E-state index in [9.17, 15) is 0 Å². The summed E-state index contributed by atoms with van der Waals surface area (Å²) in [6.45, 7) is 0.964. The molecule has 7 rings (SSSR count). The smallest absolute Gasteiger partial charge is 0.249 e. The number of rotatable bonds is 0. The minimum atomic E-state index is 0.159. The Bertz CT molecular complexity index is 1290. The Labute approximate surface area is 155 Å². The van der Waals surface area contributed by atoms with Crippen molar-refractivity contribution in [3.05, 3.63) is 66.7 Å². The van der Waals surface area contributed by atoms with Crippen molar-refractivity contribution in [1.82, 2.24) is 19.1 Å². The van der Waals surface area contributed by atoms with E-state index in [-0.39, 0.29) is 6.17 Å². The van der Waals surface area contributed by atoms with Crippen molar-refractivity contribution >= 4 is 22.1 Å². The van der Waals surface area contributed by atoms with Gasteiger partial charge >= 0.3 is 0 Å². The molecule has 128 valence electrons. The summed E-state index contributed by atoms with van der Waals surface area (Å²) in [7, 11) is 0. The maximum Gasteiger partial charge on any atom is 0.249 e. The fraction of sp³-hybridized carbons (Fsp3) is 0.136. The third kappa shape index (κ3) is 1.58. The molecular formula is C22H16N5+. The monoisotopic (exact) mass is 350 g/mol. The second-order valence-corrected chi connectivity index (χ2v) is 7.31. The van der Waals surface area contributed by atoms with Gasteiger partial charge in [-0.15, -0.1) is 0 Å². The summed E-state index contributed by atoms with van der Waals surface area (Å²) in [6.07, 6.45) is 1.17. The molecule has 2 aliphatic rings. The van der Waals surface area contributed by atoms with E-state index in [1.165, 1.54) is 22.4 Å². The average Bonchev–Trinajstić information content (AvgIpc) is 3.18. The van der Waals surface area contributed by atoms with Crippen LogP contribution in [-0.2, 0) is 6.54 Å². The molecule has 0 saturated heterocycles. The summed E-state index contributed by atoms with van der Waals surface area (Å²) in [6, 6.07) is 23.4. The van der Waals surface area contributed by atoms with Gasteiger partial charge in [-0.05, 0) is 30.3 Å². The predicted molar refractivity (Wildman–Crippen MR) is 103 cm³/mol. The zero-order valence-corrected chi connectivity index (χ0v) is 14.6. The Morgan fingerprint density at radius 1 is 0.704 bits per heavy atom. The second kappa shape index (κ2) is 4.62. The molecular weight excluding hydrogens is 334 g/mol. The second-order valence-electron chi connectivity index (χ2n) is 7.31. The summed E-state index contributed by atoms with van der Waals surface area (Å²) in [5, 5.41) is 0. The highest BCUT2D eigenvalue weighted by Gasteiger charge is 2.39. The van der Waals surface area contributed by atoms with Crippen molar-refractivity contribution in [3.63, 3.8) is 0 Å². The summed E-state index contributed by atoms with van der Waals surface area (Å²) in [5.74, 6) is 2.09. The van der Waals surface area contributed by atoms with E-state index < -0.39 is 0 Å². The molecule has 5 aromatic rings. The molecule has 0 N–H and O–H groups in total. The third-order valence-electron chi connectivity index (χ3n) is 5.95. The first-order chi connectivity index (χ1) is 13.4. The molecule has 0 radical (unpaired) electrons. The Kier molecular flexibility index (Phi) is 2.35. The highest BCUT2D eigenvalue weighted by molar-refractivity contribution is 5.83. The summed E-state index contributed by atoms with van der Waals surface area (Å²) in [5.41, 5.74) is 6.80. The first-order valence-electron chi connectivity index (χ1n) is 9.38. The summed E-state index contributed by atoms with van der Waals surface area (Å²) >= 11 is 0. The van der Waals surface area contributed by atoms with Crippen LogP contribution in [-0.4, -0.2) is 19.1 Å². The van der Waals surface area contributed by atoms with E-state index in [1.807, 2.05) is 0 Å². The van der Waals surface area contributed by atoms with Crippen molar-refractivity contribution in [2.75, 3.05) is 0 Å². The normalized spacial score (nSPS) is 15.0. The highest BCUT2D eigenvalue weighted by atomic mass is 15.3. The van der Waals surface area contributed by atoms with Gasteiger partial charge in [0.1, 0.15) is 6.17 Å². The van der Waals surface area contributed by atoms with Crippen LogP contribution in [0.25, 0.3) is 45.1 Å². The lowest BCUT2D eigenvalue weighted by Crippen LogP contribution is -2.38. The Hall–Kier alpha value is -3.47. The lowest BCUT2D eigenvalue weighted by Gasteiger charge is -2.22. The van der Waals surface area contributed by atoms with Crippen molar-refractivity contribution in [3.8, 4) is 23.0 Å². The quantitative estimate of drug-likeness (QED) is 0.399. The fourth-order valence-corrected chi connectivity index (χ4v) is 4.84. The number of para-hydroxylation sites is 4. The molecule has 0 unspecified atom stereocenters. The fourth-order valence-electron chi connectivity index (χ4n) is 4.84. The van der Waals surface area contributed by atoms with E-state index in [2.05, 4.69) is 80.4 Å². The maximum atomic E-state index is 5.03. The lowest BCUT2D eigenvalue weighted by atomic mass is 10.2. The molecule has 5 heteroatoms. The van der Waals surface area contributed by atoms with Crippen molar-refractivity contribution in [2.24, 2.45) is 0 Å². The van der Waals surface area contributed by atoms with Crippen LogP contribution in [0.2, 0.25) is 0 Å².